The molecule has 2 atom stereocenters. The van der Waals surface area contributed by atoms with Crippen LogP contribution in [0.3, 0.4) is 0 Å². The van der Waals surface area contributed by atoms with Gasteiger partial charge in [0.25, 0.3) is 0 Å². The molecule has 1 N–H and O–H groups in total. The van der Waals surface area contributed by atoms with E-state index in [0.717, 1.165) is 49.0 Å². The Kier molecular flexibility index (Phi) is 4.06. The zero-order chi connectivity index (χ0) is 19.3. The van der Waals surface area contributed by atoms with Crippen molar-refractivity contribution in [2.45, 2.75) is 24.7 Å². The van der Waals surface area contributed by atoms with E-state index in [4.69, 9.17) is 9.72 Å². The number of nitrogens with zero attached hydrogens (tertiary/aromatic N) is 2. The largest absolute Gasteiger partial charge is 0.508 e. The number of pyridine rings is 1. The minimum Gasteiger partial charge on any atom is -0.508 e. The van der Waals surface area contributed by atoms with E-state index in [1.165, 1.54) is 16.8 Å². The average Bonchev–Trinajstić information content (AvgIpc) is 2.70. The molecule has 1 fully saturated rings. The number of piperidine rings is 1. The van der Waals surface area contributed by atoms with Gasteiger partial charge in [-0.25, -0.2) is 0 Å². The topological polar surface area (TPSA) is 45.6 Å². The number of ether oxygens (including phenoxy) is 1. The van der Waals surface area contributed by atoms with Crippen molar-refractivity contribution in [2.24, 2.45) is 5.92 Å². The molecule has 1 aromatic heterocycles. The summed E-state index contributed by atoms with van der Waals surface area (Å²) in [7, 11) is 3.92. The van der Waals surface area contributed by atoms with Crippen LogP contribution in [0.1, 0.15) is 23.2 Å². The van der Waals surface area contributed by atoms with E-state index in [1.807, 2.05) is 18.2 Å². The van der Waals surface area contributed by atoms with E-state index >= 15 is 0 Å². The van der Waals surface area contributed by atoms with Crippen molar-refractivity contribution in [3.05, 3.63) is 65.4 Å². The summed E-state index contributed by atoms with van der Waals surface area (Å²) in [5, 5.41) is 11.3. The molecule has 0 radical (unpaired) electrons. The first-order valence-corrected chi connectivity index (χ1v) is 10.0. The maximum Gasteiger partial charge on any atom is 0.119 e. The van der Waals surface area contributed by atoms with Crippen LogP contribution in [0.5, 0.6) is 11.5 Å². The predicted octanol–water partition coefficient (Wildman–Crippen LogP) is 3.94. The number of likely N-dealkylation sites (tertiary alicyclic amines) is 1. The van der Waals surface area contributed by atoms with Gasteiger partial charge in [0, 0.05) is 29.5 Å². The van der Waals surface area contributed by atoms with Crippen LogP contribution in [0.2, 0.25) is 0 Å². The lowest BCUT2D eigenvalue weighted by Crippen LogP contribution is -2.53. The minimum atomic E-state index is 0.0470. The number of rotatable bonds is 2. The third kappa shape index (κ3) is 2.75. The molecule has 0 amide bonds. The second-order valence-corrected chi connectivity index (χ2v) is 8.45. The molecular weight excluding hydrogens is 348 g/mol. The summed E-state index contributed by atoms with van der Waals surface area (Å²) in [6.45, 7) is 2.15. The van der Waals surface area contributed by atoms with Crippen molar-refractivity contribution in [3.8, 4) is 11.5 Å². The van der Waals surface area contributed by atoms with E-state index in [9.17, 15) is 5.11 Å². The summed E-state index contributed by atoms with van der Waals surface area (Å²) >= 11 is 0. The third-order valence-electron chi connectivity index (χ3n) is 6.81. The van der Waals surface area contributed by atoms with Crippen LogP contribution in [0.15, 0.2) is 48.5 Å². The van der Waals surface area contributed by atoms with E-state index in [1.54, 1.807) is 13.2 Å². The number of phenols is 1. The first-order chi connectivity index (χ1) is 13.6. The Bertz CT molecular complexity index is 1050. The van der Waals surface area contributed by atoms with Crippen LogP contribution < -0.4 is 4.74 Å². The number of aromatic nitrogens is 1. The Morgan fingerprint density at radius 2 is 2.07 bits per heavy atom. The molecule has 2 heterocycles. The fourth-order valence-electron chi connectivity index (χ4n) is 5.29. The van der Waals surface area contributed by atoms with Gasteiger partial charge in [-0.1, -0.05) is 12.1 Å². The molecule has 2 aliphatic rings. The number of phenolic OH excluding ortho intramolecular Hbond substituents is 1. The molecular formula is C24H26N2O2. The van der Waals surface area contributed by atoms with Crippen LogP contribution >= 0.6 is 0 Å². The Balaban J connectivity index is 1.64. The van der Waals surface area contributed by atoms with Gasteiger partial charge in [-0.15, -0.1) is 0 Å². The highest BCUT2D eigenvalue weighted by molar-refractivity contribution is 5.81. The summed E-state index contributed by atoms with van der Waals surface area (Å²) in [6.07, 6.45) is 3.06. The maximum absolute atomic E-state index is 10.1. The number of benzene rings is 2. The predicted molar refractivity (Wildman–Crippen MR) is 111 cm³/mol. The van der Waals surface area contributed by atoms with Crippen molar-refractivity contribution < 1.29 is 9.84 Å². The standard InChI is InChI=1S/C24H26N2O2/c1-26-9-8-24(18-4-3-5-20(27)13-18)14-23-16(11-19(24)15-26)10-17-12-21(28-2)6-7-22(17)25-23/h3-7,10,12-13,19,27H,8-9,11,14-15H2,1-2H3/t19-,24-/m0/s1. The lowest BCUT2D eigenvalue weighted by atomic mass is 9.58. The number of hydrogen-bond acceptors (Lipinski definition) is 4. The molecule has 2 aromatic carbocycles. The SMILES string of the molecule is COc1ccc2nc3c(cc2c1)C[C@H]1CN(C)CC[C@@]1(c1cccc(O)c1)C3. The van der Waals surface area contributed by atoms with Crippen molar-refractivity contribution in [1.82, 2.24) is 9.88 Å². The summed E-state index contributed by atoms with van der Waals surface area (Å²) < 4.78 is 5.39. The van der Waals surface area contributed by atoms with Gasteiger partial charge in [0.2, 0.25) is 0 Å². The zero-order valence-electron chi connectivity index (χ0n) is 16.5. The van der Waals surface area contributed by atoms with E-state index in [-0.39, 0.29) is 5.41 Å². The van der Waals surface area contributed by atoms with Gasteiger partial charge < -0.3 is 14.7 Å². The summed E-state index contributed by atoms with van der Waals surface area (Å²) in [5.74, 6) is 1.75. The van der Waals surface area contributed by atoms with Crippen molar-refractivity contribution in [3.63, 3.8) is 0 Å². The monoisotopic (exact) mass is 374 g/mol. The van der Waals surface area contributed by atoms with Gasteiger partial charge >= 0.3 is 0 Å². The van der Waals surface area contributed by atoms with Crippen LogP contribution in [0, 0.1) is 5.92 Å². The normalized spacial score (nSPS) is 24.6. The lowest BCUT2D eigenvalue weighted by molar-refractivity contribution is 0.0987. The van der Waals surface area contributed by atoms with E-state index in [0.29, 0.717) is 11.7 Å². The molecule has 0 bridgehead atoms. The smallest absolute Gasteiger partial charge is 0.119 e. The van der Waals surface area contributed by atoms with Crippen LogP contribution in [-0.4, -0.2) is 42.2 Å². The highest BCUT2D eigenvalue weighted by atomic mass is 16.5. The Hall–Kier alpha value is -2.59. The number of fused-ring (bicyclic) bond motifs is 3. The summed E-state index contributed by atoms with van der Waals surface area (Å²) in [6, 6.07) is 16.3. The van der Waals surface area contributed by atoms with Crippen LogP contribution in [0.25, 0.3) is 10.9 Å². The van der Waals surface area contributed by atoms with Gasteiger partial charge in [-0.3, -0.25) is 4.98 Å². The highest BCUT2D eigenvalue weighted by Gasteiger charge is 2.47. The number of aromatic hydroxyl groups is 1. The molecule has 28 heavy (non-hydrogen) atoms. The fraction of sp³-hybridized carbons (Fsp3) is 0.375. The van der Waals surface area contributed by atoms with Crippen LogP contribution in [-0.2, 0) is 18.3 Å². The first kappa shape index (κ1) is 17.5. The Labute approximate surface area is 165 Å². The molecule has 4 nitrogen and oxygen atoms in total. The van der Waals surface area contributed by atoms with Gasteiger partial charge in [0.05, 0.1) is 12.6 Å². The van der Waals surface area contributed by atoms with Crippen LogP contribution in [0.4, 0.5) is 0 Å². The molecule has 0 saturated carbocycles. The first-order valence-electron chi connectivity index (χ1n) is 10.0. The second kappa shape index (κ2) is 6.49. The summed E-state index contributed by atoms with van der Waals surface area (Å²) in [5.41, 5.74) is 4.90. The maximum atomic E-state index is 10.1. The Morgan fingerprint density at radius 1 is 1.18 bits per heavy atom. The zero-order valence-corrected chi connectivity index (χ0v) is 16.5. The minimum absolute atomic E-state index is 0.0470. The molecule has 5 rings (SSSR count). The third-order valence-corrected chi connectivity index (χ3v) is 6.81. The molecule has 144 valence electrons. The van der Waals surface area contributed by atoms with Gasteiger partial charge in [-0.2, -0.15) is 0 Å². The Morgan fingerprint density at radius 3 is 2.89 bits per heavy atom. The van der Waals surface area contributed by atoms with Gasteiger partial charge in [0.1, 0.15) is 11.5 Å². The second-order valence-electron chi connectivity index (χ2n) is 8.45. The molecule has 1 aliphatic carbocycles. The number of hydrogen-bond donors (Lipinski definition) is 1. The van der Waals surface area contributed by atoms with Gasteiger partial charge in [0.15, 0.2) is 0 Å². The summed E-state index contributed by atoms with van der Waals surface area (Å²) in [4.78, 5) is 7.50. The molecule has 3 aromatic rings. The average molecular weight is 374 g/mol. The molecule has 0 unspecified atom stereocenters. The van der Waals surface area contributed by atoms with Crippen molar-refractivity contribution >= 4 is 10.9 Å². The van der Waals surface area contributed by atoms with E-state index < -0.39 is 0 Å². The fourth-order valence-corrected chi connectivity index (χ4v) is 5.29. The molecule has 0 spiro atoms. The molecule has 1 saturated heterocycles. The molecule has 4 heteroatoms. The van der Waals surface area contributed by atoms with E-state index in [2.05, 4.69) is 36.2 Å². The van der Waals surface area contributed by atoms with Crippen molar-refractivity contribution in [2.75, 3.05) is 27.2 Å². The lowest BCUT2D eigenvalue weighted by Gasteiger charge is -2.50. The van der Waals surface area contributed by atoms with Gasteiger partial charge in [-0.05, 0) is 79.9 Å². The van der Waals surface area contributed by atoms with Crippen molar-refractivity contribution in [1.29, 1.82) is 0 Å². The quantitative estimate of drug-likeness (QED) is 0.738. The number of methoxy groups -OCH3 is 1. The molecule has 1 aliphatic heterocycles. The highest BCUT2D eigenvalue weighted by Crippen LogP contribution is 2.48.